The number of methoxy groups -OCH3 is 2. The molecule has 14 heteroatoms. The molecule has 0 bridgehead atoms. The molecule has 0 aromatic carbocycles. The number of esters is 2. The largest absolute Gasteiger partial charge is 0.467 e. The summed E-state index contributed by atoms with van der Waals surface area (Å²) in [7, 11) is 10.8. The third-order valence-electron chi connectivity index (χ3n) is 6.76. The number of carbonyl (C=O) groups is 2. The van der Waals surface area contributed by atoms with Crippen molar-refractivity contribution in [3.05, 3.63) is 0 Å². The lowest BCUT2D eigenvalue weighted by molar-refractivity contribution is -0.149. The second kappa shape index (κ2) is 30.8. The number of nitrogens with two attached hydrogens (primary N) is 2. The first-order valence-electron chi connectivity index (χ1n) is 15.4. The lowest BCUT2D eigenvalue weighted by Crippen LogP contribution is -2.36. The van der Waals surface area contributed by atoms with Crippen molar-refractivity contribution >= 4 is 18.7 Å². The minimum Gasteiger partial charge on any atom is -0.467 e. The number of ether oxygens (including phenoxy) is 4. The van der Waals surface area contributed by atoms with Gasteiger partial charge in [-0.25, -0.2) is 9.59 Å². The van der Waals surface area contributed by atoms with Gasteiger partial charge in [-0.15, -0.1) is 0 Å². The van der Waals surface area contributed by atoms with E-state index < -0.39 is 0 Å². The minimum absolute atomic E-state index is 0.00158. The number of hydrogen-bond donors (Lipinski definition) is 2. The number of nitrogens with zero attached hydrogens (tertiary/aromatic N) is 6. The summed E-state index contributed by atoms with van der Waals surface area (Å²) in [6.45, 7) is 12.1. The zero-order valence-corrected chi connectivity index (χ0v) is 28.4. The lowest BCUT2D eigenvalue weighted by atomic mass is 10.2. The average Bonchev–Trinajstić information content (AvgIpc) is 3.02. The van der Waals surface area contributed by atoms with Crippen LogP contribution in [0.4, 0.5) is 0 Å². The van der Waals surface area contributed by atoms with Crippen molar-refractivity contribution in [3.63, 3.8) is 0 Å². The second-order valence-electron chi connectivity index (χ2n) is 10.9. The van der Waals surface area contributed by atoms with Gasteiger partial charge in [0.1, 0.15) is 13.2 Å². The highest BCUT2D eigenvalue weighted by Crippen LogP contribution is 2.05. The molecule has 44 heavy (non-hydrogen) atoms. The van der Waals surface area contributed by atoms with Crippen LogP contribution in [0.3, 0.4) is 0 Å². The molecule has 0 aliphatic heterocycles. The van der Waals surface area contributed by atoms with Crippen LogP contribution in [0.15, 0.2) is 4.99 Å². The molecule has 0 aliphatic carbocycles. The van der Waals surface area contributed by atoms with Crippen LogP contribution < -0.4 is 11.5 Å². The van der Waals surface area contributed by atoms with Gasteiger partial charge in [0, 0.05) is 45.7 Å². The molecule has 0 amide bonds. The number of nitriles is 1. The van der Waals surface area contributed by atoms with Crippen molar-refractivity contribution in [2.24, 2.45) is 16.5 Å². The molecule has 0 aromatic rings. The van der Waals surface area contributed by atoms with Crippen LogP contribution in [0.1, 0.15) is 32.1 Å². The van der Waals surface area contributed by atoms with E-state index in [1.807, 2.05) is 21.1 Å². The quantitative estimate of drug-likeness (QED) is 0.0912. The Morgan fingerprint density at radius 1 is 0.750 bits per heavy atom. The summed E-state index contributed by atoms with van der Waals surface area (Å²) in [4.78, 5) is 34.9. The third-order valence-corrected chi connectivity index (χ3v) is 6.76. The summed E-state index contributed by atoms with van der Waals surface area (Å²) in [6.07, 6.45) is 4.03. The summed E-state index contributed by atoms with van der Waals surface area (Å²) < 4.78 is 20.6. The van der Waals surface area contributed by atoms with Gasteiger partial charge in [-0.3, -0.25) is 4.99 Å². The summed E-state index contributed by atoms with van der Waals surface area (Å²) in [5.41, 5.74) is 11.1. The SMILES string of the molecule is C=NCCN(C)CC(CCN(C)CCC#N)OCC(=O)OC.COC(=O)COC(CCN(C)CCCN)CN(C)CCCN. The number of carbonyl (C=O) groups excluding carboxylic acids is 2. The van der Waals surface area contributed by atoms with Crippen molar-refractivity contribution in [1.82, 2.24) is 19.6 Å². The number of rotatable bonds is 27. The highest BCUT2D eigenvalue weighted by Gasteiger charge is 2.16. The molecule has 0 heterocycles. The zero-order chi connectivity index (χ0) is 33.6. The van der Waals surface area contributed by atoms with E-state index in [1.54, 1.807) is 0 Å². The van der Waals surface area contributed by atoms with E-state index in [9.17, 15) is 9.59 Å². The molecule has 0 spiro atoms. The Hall–Kier alpha value is -2.22. The number of likely N-dealkylation sites (N-methyl/N-ethyl adjacent to an activating group) is 2. The van der Waals surface area contributed by atoms with Crippen LogP contribution in [0, 0.1) is 11.3 Å². The van der Waals surface area contributed by atoms with Crippen molar-refractivity contribution in [2.45, 2.75) is 44.3 Å². The van der Waals surface area contributed by atoms with E-state index in [1.165, 1.54) is 14.2 Å². The summed E-state index contributed by atoms with van der Waals surface area (Å²) in [5.74, 6) is -0.718. The molecule has 4 N–H and O–H groups in total. The Morgan fingerprint density at radius 2 is 1.18 bits per heavy atom. The van der Waals surface area contributed by atoms with E-state index in [2.05, 4.69) is 53.9 Å². The topological polar surface area (TPSA) is 172 Å². The molecule has 258 valence electrons. The molecule has 0 radical (unpaired) electrons. The third kappa shape index (κ3) is 28.5. The van der Waals surface area contributed by atoms with Crippen LogP contribution in [0.25, 0.3) is 0 Å². The maximum atomic E-state index is 11.3. The standard InChI is InChI=1S/C15H28N4O3.C15H34N4O3/c1-17-8-11-19(3)12-14(22-13-15(20)21-4)6-10-18(2)9-5-7-16;1-18(9-4-7-16)11-6-14(22-13-15(20)21-3)12-19(2)10-5-8-17/h14H,1,5-6,8-13H2,2-4H3;14H,4-13,16-17H2,1-3H3. The Bertz CT molecular complexity index is 758. The Kier molecular flexibility index (Phi) is 30.7. The van der Waals surface area contributed by atoms with E-state index in [4.69, 9.17) is 26.2 Å². The maximum Gasteiger partial charge on any atom is 0.331 e. The van der Waals surface area contributed by atoms with Crippen LogP contribution in [-0.2, 0) is 28.5 Å². The summed E-state index contributed by atoms with van der Waals surface area (Å²) in [5, 5.41) is 8.59. The van der Waals surface area contributed by atoms with Gasteiger partial charge in [0.25, 0.3) is 0 Å². The molecule has 2 unspecified atom stereocenters. The fraction of sp³-hybridized carbons (Fsp3) is 0.867. The van der Waals surface area contributed by atoms with Crippen LogP contribution in [0.2, 0.25) is 0 Å². The van der Waals surface area contributed by atoms with Gasteiger partial charge in [-0.1, -0.05) is 0 Å². The molecule has 0 fully saturated rings. The molecule has 0 saturated carbocycles. The van der Waals surface area contributed by atoms with Gasteiger partial charge in [0.05, 0.1) is 39.0 Å². The summed E-state index contributed by atoms with van der Waals surface area (Å²) in [6, 6.07) is 2.13. The van der Waals surface area contributed by atoms with Gasteiger partial charge in [0.15, 0.2) is 0 Å². The fourth-order valence-corrected chi connectivity index (χ4v) is 3.98. The lowest BCUT2D eigenvalue weighted by Gasteiger charge is -2.26. The minimum atomic E-state index is -0.377. The van der Waals surface area contributed by atoms with E-state index in [0.717, 1.165) is 71.5 Å². The molecule has 0 aliphatic rings. The first kappa shape index (κ1) is 43.9. The Balaban J connectivity index is 0. The van der Waals surface area contributed by atoms with E-state index in [-0.39, 0.29) is 37.4 Å². The molecular formula is C30H62N8O6. The molecule has 2 atom stereocenters. The van der Waals surface area contributed by atoms with E-state index >= 15 is 0 Å². The zero-order valence-electron chi connectivity index (χ0n) is 28.4. The molecule has 0 rings (SSSR count). The molecule has 0 saturated heterocycles. The van der Waals surface area contributed by atoms with Crippen molar-refractivity contribution in [2.75, 3.05) is 128 Å². The van der Waals surface area contributed by atoms with Gasteiger partial charge < -0.3 is 50.0 Å². The normalized spacial score (nSPS) is 12.5. The first-order valence-corrected chi connectivity index (χ1v) is 15.4. The second-order valence-corrected chi connectivity index (χ2v) is 10.9. The molecule has 0 aromatic heterocycles. The smallest absolute Gasteiger partial charge is 0.331 e. The van der Waals surface area contributed by atoms with Gasteiger partial charge in [-0.2, -0.15) is 5.26 Å². The van der Waals surface area contributed by atoms with Crippen LogP contribution >= 0.6 is 0 Å². The summed E-state index contributed by atoms with van der Waals surface area (Å²) >= 11 is 0. The van der Waals surface area contributed by atoms with E-state index in [0.29, 0.717) is 32.6 Å². The highest BCUT2D eigenvalue weighted by atomic mass is 16.6. The molecule has 14 nitrogen and oxygen atoms in total. The number of aliphatic imine (C=N–C) groups is 1. The van der Waals surface area contributed by atoms with Gasteiger partial charge in [-0.05, 0) is 86.8 Å². The Morgan fingerprint density at radius 3 is 1.59 bits per heavy atom. The maximum absolute atomic E-state index is 11.3. The van der Waals surface area contributed by atoms with Crippen LogP contribution in [0.5, 0.6) is 0 Å². The highest BCUT2D eigenvalue weighted by molar-refractivity contribution is 5.70. The first-order chi connectivity index (χ1) is 21.1. The van der Waals surface area contributed by atoms with Crippen molar-refractivity contribution in [1.29, 1.82) is 5.26 Å². The number of hydrogen-bond acceptors (Lipinski definition) is 14. The molecular weight excluding hydrogens is 568 g/mol. The fourth-order valence-electron chi connectivity index (χ4n) is 3.98. The average molecular weight is 631 g/mol. The monoisotopic (exact) mass is 630 g/mol. The predicted octanol–water partition coefficient (Wildman–Crippen LogP) is -0.0915. The Labute approximate surface area is 266 Å². The van der Waals surface area contributed by atoms with Crippen molar-refractivity contribution in [3.8, 4) is 6.07 Å². The predicted molar refractivity (Wildman–Crippen MR) is 175 cm³/mol. The van der Waals surface area contributed by atoms with Crippen molar-refractivity contribution < 1.29 is 28.5 Å². The van der Waals surface area contributed by atoms with Crippen LogP contribution in [-0.4, -0.2) is 178 Å². The van der Waals surface area contributed by atoms with Gasteiger partial charge >= 0.3 is 11.9 Å². The van der Waals surface area contributed by atoms with Gasteiger partial charge in [0.2, 0.25) is 0 Å².